The maximum atomic E-state index is 11.6. The molecule has 2 heteroatoms. The van der Waals surface area contributed by atoms with Crippen LogP contribution in [0.25, 0.3) is 0 Å². The lowest BCUT2D eigenvalue weighted by atomic mass is 10.0. The number of carbonyl (C=O) groups excluding carboxylic acids is 1. The highest BCUT2D eigenvalue weighted by atomic mass is 16.1. The Labute approximate surface area is 96.4 Å². The molecule has 0 amide bonds. The van der Waals surface area contributed by atoms with Crippen LogP contribution in [0.2, 0.25) is 0 Å². The fraction of sp³-hybridized carbons (Fsp3) is 0.357. The molecule has 0 aromatic heterocycles. The first-order valence-electron chi connectivity index (χ1n) is 5.82. The van der Waals surface area contributed by atoms with Crippen molar-refractivity contribution < 1.29 is 4.79 Å². The summed E-state index contributed by atoms with van der Waals surface area (Å²) < 4.78 is 0. The van der Waals surface area contributed by atoms with E-state index in [-0.39, 0.29) is 11.8 Å². The van der Waals surface area contributed by atoms with Crippen LogP contribution in [0.4, 0.5) is 0 Å². The van der Waals surface area contributed by atoms with E-state index >= 15 is 0 Å². The molecule has 1 N–H and O–H groups in total. The van der Waals surface area contributed by atoms with Crippen molar-refractivity contribution in [2.45, 2.75) is 32.2 Å². The molecule has 0 saturated heterocycles. The third-order valence-electron chi connectivity index (χ3n) is 2.93. The number of ketones is 1. The first-order chi connectivity index (χ1) is 7.77. The third kappa shape index (κ3) is 2.51. The van der Waals surface area contributed by atoms with Gasteiger partial charge in [0.05, 0.1) is 5.70 Å². The highest BCUT2D eigenvalue weighted by Crippen LogP contribution is 2.17. The van der Waals surface area contributed by atoms with Crippen molar-refractivity contribution in [3.05, 3.63) is 47.7 Å². The Morgan fingerprint density at radius 2 is 2.00 bits per heavy atom. The molecule has 1 aliphatic rings. The number of rotatable bonds is 3. The average molecular weight is 215 g/mol. The van der Waals surface area contributed by atoms with Crippen molar-refractivity contribution in [2.75, 3.05) is 0 Å². The van der Waals surface area contributed by atoms with Crippen LogP contribution >= 0.6 is 0 Å². The van der Waals surface area contributed by atoms with Crippen molar-refractivity contribution in [2.24, 2.45) is 0 Å². The molecule has 0 radical (unpaired) electrons. The van der Waals surface area contributed by atoms with E-state index in [2.05, 4.69) is 24.4 Å². The van der Waals surface area contributed by atoms with Crippen molar-refractivity contribution >= 4 is 5.78 Å². The summed E-state index contributed by atoms with van der Waals surface area (Å²) in [5, 5.41) is 3.30. The number of Topliss-reactive ketones (excluding diaryl/α,β-unsaturated/α-hetero) is 1. The SMILES string of the molecule is C[C@@H](NC1=CCCCC1=O)c1ccccc1. The van der Waals surface area contributed by atoms with Crippen LogP contribution in [0.1, 0.15) is 37.8 Å². The van der Waals surface area contributed by atoms with Crippen LogP contribution in [0.5, 0.6) is 0 Å². The maximum absolute atomic E-state index is 11.6. The van der Waals surface area contributed by atoms with Gasteiger partial charge in [0.25, 0.3) is 0 Å². The van der Waals surface area contributed by atoms with Gasteiger partial charge in [-0.15, -0.1) is 0 Å². The fourth-order valence-electron chi connectivity index (χ4n) is 1.96. The Balaban J connectivity index is 2.05. The standard InChI is InChI=1S/C14H17NO/c1-11(12-7-3-2-4-8-12)15-13-9-5-6-10-14(13)16/h2-4,7-9,11,15H,5-6,10H2,1H3/t11-/m1/s1. The second-order valence-corrected chi connectivity index (χ2v) is 4.21. The quantitative estimate of drug-likeness (QED) is 0.839. The van der Waals surface area contributed by atoms with Gasteiger partial charge >= 0.3 is 0 Å². The lowest BCUT2D eigenvalue weighted by Crippen LogP contribution is -2.25. The van der Waals surface area contributed by atoms with Crippen LogP contribution in [0.15, 0.2) is 42.1 Å². The maximum Gasteiger partial charge on any atom is 0.178 e. The van der Waals surface area contributed by atoms with E-state index in [0.717, 1.165) is 18.5 Å². The Kier molecular flexibility index (Phi) is 3.40. The minimum Gasteiger partial charge on any atom is -0.376 e. The van der Waals surface area contributed by atoms with Crippen LogP contribution in [0.3, 0.4) is 0 Å². The van der Waals surface area contributed by atoms with Gasteiger partial charge in [0, 0.05) is 12.5 Å². The minimum absolute atomic E-state index is 0.189. The zero-order valence-corrected chi connectivity index (χ0v) is 9.57. The number of hydrogen-bond acceptors (Lipinski definition) is 2. The molecular formula is C14H17NO. The molecule has 0 aliphatic heterocycles. The number of carbonyl (C=O) groups is 1. The van der Waals surface area contributed by atoms with E-state index < -0.39 is 0 Å². The van der Waals surface area contributed by atoms with Gasteiger partial charge in [-0.05, 0) is 25.3 Å². The predicted molar refractivity (Wildman–Crippen MR) is 64.9 cm³/mol. The molecule has 0 fully saturated rings. The van der Waals surface area contributed by atoms with Crippen LogP contribution in [0, 0.1) is 0 Å². The Morgan fingerprint density at radius 3 is 2.69 bits per heavy atom. The first kappa shape index (κ1) is 10.9. The number of hydrogen-bond donors (Lipinski definition) is 1. The third-order valence-corrected chi connectivity index (χ3v) is 2.93. The largest absolute Gasteiger partial charge is 0.376 e. The van der Waals surface area contributed by atoms with Gasteiger partial charge in [-0.3, -0.25) is 4.79 Å². The summed E-state index contributed by atoms with van der Waals surface area (Å²) in [6.07, 6.45) is 4.70. The van der Waals surface area contributed by atoms with E-state index in [1.165, 1.54) is 5.56 Å². The summed E-state index contributed by atoms with van der Waals surface area (Å²) in [6, 6.07) is 10.4. The molecule has 16 heavy (non-hydrogen) atoms. The number of benzene rings is 1. The van der Waals surface area contributed by atoms with Crippen LogP contribution in [-0.2, 0) is 4.79 Å². The molecule has 0 spiro atoms. The summed E-state index contributed by atoms with van der Waals surface area (Å²) in [5.74, 6) is 0.244. The summed E-state index contributed by atoms with van der Waals surface area (Å²) >= 11 is 0. The molecule has 1 aromatic carbocycles. The van der Waals surface area contributed by atoms with Gasteiger partial charge in [0.15, 0.2) is 5.78 Å². The zero-order valence-electron chi connectivity index (χ0n) is 9.57. The summed E-state index contributed by atoms with van der Waals surface area (Å²) in [4.78, 5) is 11.6. The zero-order chi connectivity index (χ0) is 11.4. The monoisotopic (exact) mass is 215 g/mol. The summed E-state index contributed by atoms with van der Waals surface area (Å²) in [7, 11) is 0. The molecule has 1 aliphatic carbocycles. The van der Waals surface area contributed by atoms with E-state index in [1.54, 1.807) is 0 Å². The lowest BCUT2D eigenvalue weighted by Gasteiger charge is -2.19. The topological polar surface area (TPSA) is 29.1 Å². The molecule has 0 bridgehead atoms. The van der Waals surface area contributed by atoms with E-state index in [4.69, 9.17) is 0 Å². The molecule has 2 nitrogen and oxygen atoms in total. The smallest absolute Gasteiger partial charge is 0.178 e. The summed E-state index contributed by atoms with van der Waals surface area (Å²) in [5.41, 5.74) is 2.00. The highest BCUT2D eigenvalue weighted by Gasteiger charge is 2.15. The van der Waals surface area contributed by atoms with Crippen molar-refractivity contribution in [3.8, 4) is 0 Å². The van der Waals surface area contributed by atoms with E-state index in [0.29, 0.717) is 6.42 Å². The Bertz CT molecular complexity index is 394. The number of nitrogens with one attached hydrogen (secondary N) is 1. The van der Waals surface area contributed by atoms with Crippen molar-refractivity contribution in [1.82, 2.24) is 5.32 Å². The highest BCUT2D eigenvalue weighted by molar-refractivity contribution is 5.95. The fourth-order valence-corrected chi connectivity index (χ4v) is 1.96. The molecule has 0 heterocycles. The predicted octanol–water partition coefficient (Wildman–Crippen LogP) is 2.97. The first-order valence-corrected chi connectivity index (χ1v) is 5.82. The van der Waals surface area contributed by atoms with Gasteiger partial charge < -0.3 is 5.32 Å². The molecule has 84 valence electrons. The van der Waals surface area contributed by atoms with Gasteiger partial charge in [0.1, 0.15) is 0 Å². The van der Waals surface area contributed by atoms with Gasteiger partial charge in [-0.25, -0.2) is 0 Å². The van der Waals surface area contributed by atoms with Gasteiger partial charge in [-0.2, -0.15) is 0 Å². The number of allylic oxidation sites excluding steroid dienone is 2. The molecule has 0 unspecified atom stereocenters. The van der Waals surface area contributed by atoms with E-state index in [9.17, 15) is 4.79 Å². The molecule has 0 saturated carbocycles. The van der Waals surface area contributed by atoms with Crippen molar-refractivity contribution in [1.29, 1.82) is 0 Å². The second-order valence-electron chi connectivity index (χ2n) is 4.21. The molecule has 1 atom stereocenters. The van der Waals surface area contributed by atoms with Crippen LogP contribution in [-0.4, -0.2) is 5.78 Å². The molecule has 1 aromatic rings. The lowest BCUT2D eigenvalue weighted by molar-refractivity contribution is -0.116. The summed E-state index contributed by atoms with van der Waals surface area (Å²) in [6.45, 7) is 2.08. The van der Waals surface area contributed by atoms with E-state index in [1.807, 2.05) is 24.3 Å². The Hall–Kier alpha value is -1.57. The normalized spacial score (nSPS) is 17.8. The minimum atomic E-state index is 0.189. The molecule has 2 rings (SSSR count). The van der Waals surface area contributed by atoms with Crippen LogP contribution < -0.4 is 5.32 Å². The second kappa shape index (κ2) is 4.97. The van der Waals surface area contributed by atoms with Crippen molar-refractivity contribution in [3.63, 3.8) is 0 Å². The molecular weight excluding hydrogens is 198 g/mol. The van der Waals surface area contributed by atoms with Gasteiger partial charge in [-0.1, -0.05) is 36.4 Å². The average Bonchev–Trinajstić information content (AvgIpc) is 2.33. The Morgan fingerprint density at radius 1 is 1.25 bits per heavy atom. The van der Waals surface area contributed by atoms with Gasteiger partial charge in [0.2, 0.25) is 0 Å².